The molecule has 0 bridgehead atoms. The Bertz CT molecular complexity index is 453. The molecule has 18 heavy (non-hydrogen) atoms. The number of aromatic nitrogens is 1. The van der Waals surface area contributed by atoms with E-state index in [-0.39, 0.29) is 16.5 Å². The van der Waals surface area contributed by atoms with E-state index in [1.807, 2.05) is 0 Å². The maximum absolute atomic E-state index is 12.1. The highest BCUT2D eigenvalue weighted by Crippen LogP contribution is 2.27. The smallest absolute Gasteiger partial charge is 0.366 e. The summed E-state index contributed by atoms with van der Waals surface area (Å²) in [5.74, 6) is -0.0148. The summed E-state index contributed by atoms with van der Waals surface area (Å²) in [5, 5.41) is 12.8. The Labute approximate surface area is 105 Å². The molecule has 9 heteroatoms. The Kier molecular flexibility index (Phi) is 4.33. The minimum atomic E-state index is -4.31. The van der Waals surface area contributed by atoms with Crippen molar-refractivity contribution in [3.63, 3.8) is 0 Å². The second-order valence-electron chi connectivity index (χ2n) is 3.65. The molecule has 1 rings (SSSR count). The number of hydrogen-bond donors (Lipinski definition) is 1. The van der Waals surface area contributed by atoms with Crippen LogP contribution in [-0.2, 0) is 0 Å². The van der Waals surface area contributed by atoms with Gasteiger partial charge in [-0.1, -0.05) is 11.6 Å². The number of hydrogen-bond acceptors (Lipinski definition) is 4. The van der Waals surface area contributed by atoms with Crippen molar-refractivity contribution in [1.82, 2.24) is 4.98 Å². The second-order valence-corrected chi connectivity index (χ2v) is 4.05. The Hall–Kier alpha value is -1.57. The van der Waals surface area contributed by atoms with Crippen molar-refractivity contribution in [3.05, 3.63) is 27.4 Å². The number of nitro groups is 1. The first kappa shape index (κ1) is 14.5. The van der Waals surface area contributed by atoms with Gasteiger partial charge < -0.3 is 5.32 Å². The number of pyridine rings is 1. The molecule has 0 fully saturated rings. The molecular weight excluding hydrogens is 275 g/mol. The molecule has 0 aromatic carbocycles. The van der Waals surface area contributed by atoms with E-state index in [1.54, 1.807) is 0 Å². The number of rotatable bonds is 4. The van der Waals surface area contributed by atoms with Crippen LogP contribution in [0.2, 0.25) is 5.02 Å². The lowest BCUT2D eigenvalue weighted by molar-refractivity contribution is -0.385. The third-order valence-corrected chi connectivity index (χ3v) is 2.25. The zero-order valence-corrected chi connectivity index (χ0v) is 9.92. The summed E-state index contributed by atoms with van der Waals surface area (Å²) in [4.78, 5) is 13.3. The monoisotopic (exact) mass is 283 g/mol. The van der Waals surface area contributed by atoms with Crippen LogP contribution < -0.4 is 5.32 Å². The highest BCUT2D eigenvalue weighted by molar-refractivity contribution is 6.33. The van der Waals surface area contributed by atoms with Gasteiger partial charge in [-0.3, -0.25) is 10.1 Å². The molecule has 1 unspecified atom stereocenters. The predicted molar refractivity (Wildman–Crippen MR) is 59.7 cm³/mol. The van der Waals surface area contributed by atoms with Crippen LogP contribution in [-0.4, -0.2) is 22.1 Å². The summed E-state index contributed by atoms with van der Waals surface area (Å²) in [7, 11) is 0. The van der Waals surface area contributed by atoms with Gasteiger partial charge in [0.05, 0.1) is 16.4 Å². The minimum Gasteiger partial charge on any atom is -0.366 e. The fourth-order valence-electron chi connectivity index (χ4n) is 1.27. The van der Waals surface area contributed by atoms with Crippen LogP contribution in [0.25, 0.3) is 0 Å². The van der Waals surface area contributed by atoms with Crippen LogP contribution in [0.15, 0.2) is 12.3 Å². The van der Waals surface area contributed by atoms with Crippen molar-refractivity contribution < 1.29 is 18.1 Å². The minimum absolute atomic E-state index is 0.0148. The molecule has 0 saturated heterocycles. The van der Waals surface area contributed by atoms with Crippen molar-refractivity contribution in [3.8, 4) is 0 Å². The number of halogens is 4. The van der Waals surface area contributed by atoms with E-state index in [1.165, 1.54) is 6.92 Å². The summed E-state index contributed by atoms with van der Waals surface area (Å²) in [6.45, 7) is 1.31. The van der Waals surface area contributed by atoms with Crippen molar-refractivity contribution in [2.24, 2.45) is 0 Å². The number of nitrogens with zero attached hydrogens (tertiary/aromatic N) is 2. The number of nitrogens with one attached hydrogen (secondary N) is 1. The average molecular weight is 284 g/mol. The molecule has 0 amide bonds. The molecule has 1 aromatic heterocycles. The van der Waals surface area contributed by atoms with E-state index in [9.17, 15) is 23.3 Å². The van der Waals surface area contributed by atoms with Gasteiger partial charge in [0.2, 0.25) is 0 Å². The lowest BCUT2D eigenvalue weighted by Gasteiger charge is -2.16. The topological polar surface area (TPSA) is 68.1 Å². The van der Waals surface area contributed by atoms with Gasteiger partial charge in [0, 0.05) is 12.1 Å². The molecule has 0 saturated carbocycles. The maximum atomic E-state index is 12.1. The second kappa shape index (κ2) is 5.38. The highest BCUT2D eigenvalue weighted by atomic mass is 35.5. The Morgan fingerprint density at radius 1 is 1.61 bits per heavy atom. The first-order valence-electron chi connectivity index (χ1n) is 4.82. The molecule has 0 radical (unpaired) electrons. The third-order valence-electron chi connectivity index (χ3n) is 1.96. The van der Waals surface area contributed by atoms with Crippen LogP contribution in [0.3, 0.4) is 0 Å². The molecule has 1 atom stereocenters. The van der Waals surface area contributed by atoms with Gasteiger partial charge in [-0.15, -0.1) is 0 Å². The molecule has 100 valence electrons. The van der Waals surface area contributed by atoms with E-state index in [0.717, 1.165) is 12.3 Å². The molecule has 5 nitrogen and oxygen atoms in total. The van der Waals surface area contributed by atoms with E-state index >= 15 is 0 Å². The summed E-state index contributed by atoms with van der Waals surface area (Å²) in [6, 6.07) is 0.0912. The van der Waals surface area contributed by atoms with Crippen molar-refractivity contribution in [1.29, 1.82) is 0 Å². The molecule has 0 aliphatic heterocycles. The van der Waals surface area contributed by atoms with Crippen LogP contribution in [0.1, 0.15) is 13.3 Å². The molecule has 1 aromatic rings. The van der Waals surface area contributed by atoms with Gasteiger partial charge in [0.25, 0.3) is 5.69 Å². The van der Waals surface area contributed by atoms with Gasteiger partial charge >= 0.3 is 6.18 Å². The highest BCUT2D eigenvalue weighted by Gasteiger charge is 2.30. The van der Waals surface area contributed by atoms with Crippen molar-refractivity contribution in [2.45, 2.75) is 25.6 Å². The fraction of sp³-hybridized carbons (Fsp3) is 0.444. The number of anilines is 1. The predicted octanol–water partition coefficient (Wildman–Crippen LogP) is 3.40. The van der Waals surface area contributed by atoms with Gasteiger partial charge in [-0.05, 0) is 6.92 Å². The average Bonchev–Trinajstić information content (AvgIpc) is 2.17. The Morgan fingerprint density at radius 2 is 2.22 bits per heavy atom. The molecule has 0 aliphatic carbocycles. The Balaban J connectivity index is 2.77. The molecule has 0 aliphatic rings. The van der Waals surface area contributed by atoms with Crippen molar-refractivity contribution >= 4 is 23.1 Å². The van der Waals surface area contributed by atoms with E-state index in [2.05, 4.69) is 10.3 Å². The largest absolute Gasteiger partial charge is 0.391 e. The lowest BCUT2D eigenvalue weighted by Crippen LogP contribution is -2.24. The summed E-state index contributed by atoms with van der Waals surface area (Å²) in [5.41, 5.74) is -0.325. The normalized spacial score (nSPS) is 13.2. The van der Waals surface area contributed by atoms with Crippen LogP contribution in [0.4, 0.5) is 24.7 Å². The standard InChI is InChI=1S/C9H9ClF3N3O2/c1-5(3-9(11,12)13)15-8-7(10)2-6(4-14-8)16(17)18/h2,4-5H,3H2,1H3,(H,14,15). The molecule has 1 heterocycles. The zero-order chi connectivity index (χ0) is 13.9. The summed E-state index contributed by atoms with van der Waals surface area (Å²) < 4.78 is 36.3. The quantitative estimate of drug-likeness (QED) is 0.679. The summed E-state index contributed by atoms with van der Waals surface area (Å²) >= 11 is 5.68. The van der Waals surface area contributed by atoms with E-state index in [4.69, 9.17) is 11.6 Å². The first-order chi connectivity index (χ1) is 8.19. The fourth-order valence-corrected chi connectivity index (χ4v) is 1.48. The molecule has 1 N–H and O–H groups in total. The Morgan fingerprint density at radius 3 is 2.67 bits per heavy atom. The van der Waals surface area contributed by atoms with Gasteiger partial charge in [0.15, 0.2) is 0 Å². The van der Waals surface area contributed by atoms with Gasteiger partial charge in [0.1, 0.15) is 12.0 Å². The zero-order valence-electron chi connectivity index (χ0n) is 9.16. The lowest BCUT2D eigenvalue weighted by atomic mass is 10.2. The SMILES string of the molecule is CC(CC(F)(F)F)Nc1ncc([N+](=O)[O-])cc1Cl. The van der Waals surface area contributed by atoms with Gasteiger partial charge in [-0.25, -0.2) is 4.98 Å². The molecule has 0 spiro atoms. The van der Waals surface area contributed by atoms with Crippen molar-refractivity contribution in [2.75, 3.05) is 5.32 Å². The third kappa shape index (κ3) is 4.36. The first-order valence-corrected chi connectivity index (χ1v) is 5.20. The maximum Gasteiger partial charge on any atom is 0.391 e. The van der Waals surface area contributed by atoms with Crippen LogP contribution >= 0.6 is 11.6 Å². The van der Waals surface area contributed by atoms with Gasteiger partial charge in [-0.2, -0.15) is 13.2 Å². The van der Waals surface area contributed by atoms with Crippen LogP contribution in [0, 0.1) is 10.1 Å². The van der Waals surface area contributed by atoms with E-state index in [0.29, 0.717) is 0 Å². The van der Waals surface area contributed by atoms with Crippen LogP contribution in [0.5, 0.6) is 0 Å². The summed E-state index contributed by atoms with van der Waals surface area (Å²) in [6.07, 6.45) is -4.43. The molecular formula is C9H9ClF3N3O2. The number of alkyl halides is 3. The van der Waals surface area contributed by atoms with E-state index < -0.39 is 23.6 Å².